The van der Waals surface area contributed by atoms with Crippen molar-refractivity contribution in [3.8, 4) is 0 Å². The van der Waals surface area contributed by atoms with E-state index in [2.05, 4.69) is 10.5 Å². The van der Waals surface area contributed by atoms with E-state index in [-0.39, 0.29) is 12.1 Å². The van der Waals surface area contributed by atoms with Crippen LogP contribution in [0.1, 0.15) is 51.1 Å². The number of carbonyl (C=O) groups excluding carboxylic acids is 2. The van der Waals surface area contributed by atoms with Crippen LogP contribution in [0.5, 0.6) is 0 Å². The number of rotatable bonds is 5. The number of carbonyl (C=O) groups is 2. The van der Waals surface area contributed by atoms with Gasteiger partial charge in [-0.3, -0.25) is 0 Å². The Bertz CT molecular complexity index is 529. The molecule has 7 nitrogen and oxygen atoms in total. The summed E-state index contributed by atoms with van der Waals surface area (Å²) in [6.45, 7) is 6.28. The fourth-order valence-corrected chi connectivity index (χ4v) is 2.55. The summed E-state index contributed by atoms with van der Waals surface area (Å²) in [5, 5.41) is 6.66. The number of amides is 2. The minimum Gasteiger partial charge on any atom is -0.464 e. The predicted molar refractivity (Wildman–Crippen MR) is 79.2 cm³/mol. The average Bonchev–Trinajstić information content (AvgIpc) is 3.15. The van der Waals surface area contributed by atoms with E-state index in [1.54, 1.807) is 18.7 Å². The van der Waals surface area contributed by atoms with Gasteiger partial charge in [0.15, 0.2) is 5.76 Å². The quantitative estimate of drug-likeness (QED) is 0.841. The fourth-order valence-electron chi connectivity index (χ4n) is 2.55. The summed E-state index contributed by atoms with van der Waals surface area (Å²) in [6.07, 6.45) is 2.52. The molecule has 122 valence electrons. The second-order valence-electron chi connectivity index (χ2n) is 5.35. The van der Waals surface area contributed by atoms with Gasteiger partial charge in [0.2, 0.25) is 0 Å². The molecule has 22 heavy (non-hydrogen) atoms. The maximum absolute atomic E-state index is 12.4. The molecule has 0 radical (unpaired) electrons. The molecule has 1 fully saturated rings. The summed E-state index contributed by atoms with van der Waals surface area (Å²) in [7, 11) is 0. The van der Waals surface area contributed by atoms with Crippen molar-refractivity contribution in [1.29, 1.82) is 0 Å². The van der Waals surface area contributed by atoms with Gasteiger partial charge in [0, 0.05) is 12.6 Å². The second-order valence-corrected chi connectivity index (χ2v) is 5.35. The third-order valence-corrected chi connectivity index (χ3v) is 3.76. The molecule has 1 aliphatic heterocycles. The first-order valence-corrected chi connectivity index (χ1v) is 7.76. The highest BCUT2D eigenvalue weighted by Gasteiger charge is 2.34. The zero-order valence-corrected chi connectivity index (χ0v) is 13.3. The third-order valence-electron chi connectivity index (χ3n) is 3.76. The van der Waals surface area contributed by atoms with Crippen LogP contribution >= 0.6 is 0 Å². The number of ether oxygens (including phenoxy) is 1. The van der Waals surface area contributed by atoms with Crippen LogP contribution < -0.4 is 5.32 Å². The molecule has 2 heterocycles. The van der Waals surface area contributed by atoms with Crippen LogP contribution in [0.3, 0.4) is 0 Å². The topological polar surface area (TPSA) is 84.7 Å². The molecule has 0 aromatic carbocycles. The Kier molecular flexibility index (Phi) is 5.41. The standard InChI is InChI=1S/C15H23N3O4/c1-4-11-9-13(22-17-11)12-7-6-8-18(12)15(20)16-10(3)14(19)21-5-2/h9-10,12H,4-8H2,1-3H3,(H,16,20)/t10-,12+/m0/s1. The van der Waals surface area contributed by atoms with E-state index in [1.807, 2.05) is 13.0 Å². The lowest BCUT2D eigenvalue weighted by molar-refractivity contribution is -0.144. The summed E-state index contributed by atoms with van der Waals surface area (Å²) in [5.74, 6) is 0.271. The van der Waals surface area contributed by atoms with Crippen LogP contribution in [0.15, 0.2) is 10.6 Å². The Morgan fingerprint density at radius 1 is 1.55 bits per heavy atom. The highest BCUT2D eigenvalue weighted by Crippen LogP contribution is 2.32. The number of hydrogen-bond acceptors (Lipinski definition) is 5. The molecule has 2 amide bonds. The van der Waals surface area contributed by atoms with E-state index in [4.69, 9.17) is 9.26 Å². The van der Waals surface area contributed by atoms with Crippen molar-refractivity contribution in [2.45, 2.75) is 52.1 Å². The van der Waals surface area contributed by atoms with Crippen molar-refractivity contribution in [1.82, 2.24) is 15.4 Å². The van der Waals surface area contributed by atoms with Gasteiger partial charge in [-0.25, -0.2) is 9.59 Å². The highest BCUT2D eigenvalue weighted by molar-refractivity contribution is 5.83. The van der Waals surface area contributed by atoms with Crippen molar-refractivity contribution in [2.24, 2.45) is 0 Å². The lowest BCUT2D eigenvalue weighted by Gasteiger charge is -2.24. The first-order chi connectivity index (χ1) is 10.6. The maximum Gasteiger partial charge on any atom is 0.328 e. The molecule has 0 saturated carbocycles. The van der Waals surface area contributed by atoms with Gasteiger partial charge >= 0.3 is 12.0 Å². The molecular weight excluding hydrogens is 286 g/mol. The summed E-state index contributed by atoms with van der Waals surface area (Å²) >= 11 is 0. The molecule has 2 atom stereocenters. The summed E-state index contributed by atoms with van der Waals surface area (Å²) in [5.41, 5.74) is 0.877. The van der Waals surface area contributed by atoms with E-state index in [0.29, 0.717) is 18.9 Å². The summed E-state index contributed by atoms with van der Waals surface area (Å²) in [4.78, 5) is 25.7. The maximum atomic E-state index is 12.4. The van der Waals surface area contributed by atoms with Gasteiger partial charge in [0.05, 0.1) is 18.3 Å². The highest BCUT2D eigenvalue weighted by atomic mass is 16.5. The van der Waals surface area contributed by atoms with Crippen molar-refractivity contribution in [3.05, 3.63) is 17.5 Å². The molecule has 0 unspecified atom stereocenters. The molecule has 1 N–H and O–H groups in total. The molecule has 0 aliphatic carbocycles. The smallest absolute Gasteiger partial charge is 0.328 e. The largest absolute Gasteiger partial charge is 0.464 e. The number of nitrogens with zero attached hydrogens (tertiary/aromatic N) is 2. The van der Waals surface area contributed by atoms with Crippen molar-refractivity contribution < 1.29 is 18.8 Å². The van der Waals surface area contributed by atoms with Crippen LogP contribution in [0.2, 0.25) is 0 Å². The third kappa shape index (κ3) is 3.58. The van der Waals surface area contributed by atoms with Crippen LogP contribution in [-0.4, -0.2) is 41.3 Å². The number of likely N-dealkylation sites (tertiary alicyclic amines) is 1. The van der Waals surface area contributed by atoms with Crippen LogP contribution in [0.4, 0.5) is 4.79 Å². The molecule has 1 aromatic rings. The zero-order valence-electron chi connectivity index (χ0n) is 13.3. The second kappa shape index (κ2) is 7.29. The van der Waals surface area contributed by atoms with Gasteiger partial charge in [-0.15, -0.1) is 0 Å². The van der Waals surface area contributed by atoms with Crippen LogP contribution in [0, 0.1) is 0 Å². The molecule has 2 rings (SSSR count). The van der Waals surface area contributed by atoms with Gasteiger partial charge < -0.3 is 19.5 Å². The van der Waals surface area contributed by atoms with Gasteiger partial charge in [0.1, 0.15) is 6.04 Å². The Balaban J connectivity index is 2.00. The van der Waals surface area contributed by atoms with E-state index >= 15 is 0 Å². The van der Waals surface area contributed by atoms with Gasteiger partial charge in [-0.2, -0.15) is 0 Å². The molecular formula is C15H23N3O4. The Morgan fingerprint density at radius 3 is 2.95 bits per heavy atom. The van der Waals surface area contributed by atoms with E-state index < -0.39 is 12.0 Å². The number of aryl methyl sites for hydroxylation is 1. The first kappa shape index (κ1) is 16.3. The number of nitrogens with one attached hydrogen (secondary N) is 1. The Morgan fingerprint density at radius 2 is 2.32 bits per heavy atom. The molecule has 0 bridgehead atoms. The predicted octanol–water partition coefficient (Wildman–Crippen LogP) is 2.04. The van der Waals surface area contributed by atoms with Gasteiger partial charge in [-0.05, 0) is 33.1 Å². The fraction of sp³-hybridized carbons (Fsp3) is 0.667. The lowest BCUT2D eigenvalue weighted by atomic mass is 10.1. The van der Waals surface area contributed by atoms with Crippen molar-refractivity contribution in [2.75, 3.05) is 13.2 Å². The molecule has 1 saturated heterocycles. The van der Waals surface area contributed by atoms with E-state index in [9.17, 15) is 9.59 Å². The normalized spacial score (nSPS) is 19.0. The van der Waals surface area contributed by atoms with E-state index in [0.717, 1.165) is 25.0 Å². The minimum atomic E-state index is -0.672. The SMILES string of the molecule is CCOC(=O)[C@H](C)NC(=O)N1CCC[C@@H]1c1cc(CC)no1. The van der Waals surface area contributed by atoms with Gasteiger partial charge in [-0.1, -0.05) is 12.1 Å². The minimum absolute atomic E-state index is 0.123. The average molecular weight is 309 g/mol. The molecule has 1 aromatic heterocycles. The lowest BCUT2D eigenvalue weighted by Crippen LogP contribution is -2.46. The Hall–Kier alpha value is -2.05. The Labute approximate surface area is 130 Å². The number of urea groups is 1. The molecule has 0 spiro atoms. The van der Waals surface area contributed by atoms with Gasteiger partial charge in [0.25, 0.3) is 0 Å². The number of esters is 1. The van der Waals surface area contributed by atoms with Crippen LogP contribution in [0.25, 0.3) is 0 Å². The molecule has 7 heteroatoms. The monoisotopic (exact) mass is 309 g/mol. The number of hydrogen-bond donors (Lipinski definition) is 1. The van der Waals surface area contributed by atoms with Crippen LogP contribution in [-0.2, 0) is 16.0 Å². The molecule has 1 aliphatic rings. The van der Waals surface area contributed by atoms with E-state index in [1.165, 1.54) is 0 Å². The summed E-state index contributed by atoms with van der Waals surface area (Å²) < 4.78 is 10.2. The summed E-state index contributed by atoms with van der Waals surface area (Å²) in [6, 6.07) is 0.819. The number of aromatic nitrogens is 1. The zero-order chi connectivity index (χ0) is 16.1. The first-order valence-electron chi connectivity index (χ1n) is 7.76. The van der Waals surface area contributed by atoms with Crippen molar-refractivity contribution >= 4 is 12.0 Å². The van der Waals surface area contributed by atoms with Crippen molar-refractivity contribution in [3.63, 3.8) is 0 Å².